The Morgan fingerprint density at radius 2 is 1.94 bits per heavy atom. The molecule has 2 aromatic carbocycles. The summed E-state index contributed by atoms with van der Waals surface area (Å²) in [5, 5.41) is 0. The highest BCUT2D eigenvalue weighted by Crippen LogP contribution is 2.39. The number of nitrogens with two attached hydrogens (primary N) is 1. The van der Waals surface area contributed by atoms with Crippen LogP contribution in [0.3, 0.4) is 0 Å². The van der Waals surface area contributed by atoms with Crippen LogP contribution >= 0.6 is 0 Å². The van der Waals surface area contributed by atoms with E-state index in [2.05, 4.69) is 9.97 Å². The summed E-state index contributed by atoms with van der Waals surface area (Å²) in [6.07, 6.45) is 1.16. The molecule has 0 radical (unpaired) electrons. The number of ether oxygens (including phenoxy) is 1. The first-order valence-corrected chi connectivity index (χ1v) is 11.2. The van der Waals surface area contributed by atoms with Gasteiger partial charge in [-0.25, -0.2) is 27.9 Å². The van der Waals surface area contributed by atoms with E-state index >= 15 is 0 Å². The number of halogens is 3. The van der Waals surface area contributed by atoms with Crippen LogP contribution in [-0.2, 0) is 13.0 Å². The molecule has 1 aliphatic rings. The van der Waals surface area contributed by atoms with Gasteiger partial charge in [0.1, 0.15) is 23.9 Å². The third kappa shape index (κ3) is 5.16. The highest BCUT2D eigenvalue weighted by molar-refractivity contribution is 5.72. The highest BCUT2D eigenvalue weighted by atomic mass is 19.1. The van der Waals surface area contributed by atoms with Crippen molar-refractivity contribution in [2.24, 2.45) is 5.73 Å². The second kappa shape index (κ2) is 9.81. The number of hydrogen-bond acceptors (Lipinski definition) is 5. The molecule has 2 heterocycles. The maximum atomic E-state index is 14.9. The summed E-state index contributed by atoms with van der Waals surface area (Å²) in [7, 11) is 1.47. The van der Waals surface area contributed by atoms with Crippen LogP contribution in [0, 0.1) is 17.5 Å². The number of carbonyl (C=O) groups excluding carboxylic acids is 1. The fourth-order valence-corrected chi connectivity index (χ4v) is 4.01. The van der Waals surface area contributed by atoms with Crippen molar-refractivity contribution in [2.75, 3.05) is 25.1 Å². The standard InChI is InChI=1S/C25H26F3N5O2/c1-14(2)33-6-7-35-24-19(27)10-17(11-21(24)33)23-20(28)12-30-22(31-23)9-15-4-5-16(18(26)8-15)13-32(3)25(29)34/h4-5,8,10-12,14H,6-7,9,13H2,1-3H3,(H2,29,34). The van der Waals surface area contributed by atoms with Gasteiger partial charge in [0.15, 0.2) is 17.4 Å². The summed E-state index contributed by atoms with van der Waals surface area (Å²) >= 11 is 0. The van der Waals surface area contributed by atoms with Crippen LogP contribution in [0.2, 0.25) is 0 Å². The zero-order chi connectivity index (χ0) is 25.3. The van der Waals surface area contributed by atoms with E-state index in [0.717, 1.165) is 6.20 Å². The summed E-state index contributed by atoms with van der Waals surface area (Å²) in [6, 6.07) is 6.83. The lowest BCUT2D eigenvalue weighted by Crippen LogP contribution is -2.38. The molecule has 184 valence electrons. The Labute approximate surface area is 201 Å². The van der Waals surface area contributed by atoms with Gasteiger partial charge in [0.05, 0.1) is 18.4 Å². The van der Waals surface area contributed by atoms with Crippen molar-refractivity contribution >= 4 is 11.7 Å². The predicted molar refractivity (Wildman–Crippen MR) is 126 cm³/mol. The Hall–Kier alpha value is -3.82. The van der Waals surface area contributed by atoms with E-state index in [1.165, 1.54) is 24.1 Å². The summed E-state index contributed by atoms with van der Waals surface area (Å²) in [5.74, 6) is -1.42. The molecule has 0 fully saturated rings. The zero-order valence-corrected chi connectivity index (χ0v) is 19.7. The molecule has 7 nitrogen and oxygen atoms in total. The molecule has 35 heavy (non-hydrogen) atoms. The Morgan fingerprint density at radius 1 is 1.17 bits per heavy atom. The molecule has 1 aromatic heterocycles. The first-order chi connectivity index (χ1) is 16.6. The lowest BCUT2D eigenvalue weighted by molar-refractivity contribution is 0.216. The van der Waals surface area contributed by atoms with Gasteiger partial charge < -0.3 is 20.3 Å². The summed E-state index contributed by atoms with van der Waals surface area (Å²) in [6.45, 7) is 4.95. The molecule has 0 saturated carbocycles. The fourth-order valence-electron chi connectivity index (χ4n) is 4.01. The van der Waals surface area contributed by atoms with Crippen molar-refractivity contribution in [1.82, 2.24) is 14.9 Å². The average molecular weight is 486 g/mol. The third-order valence-electron chi connectivity index (χ3n) is 5.87. The number of primary amides is 1. The quantitative estimate of drug-likeness (QED) is 0.564. The maximum Gasteiger partial charge on any atom is 0.314 e. The number of amides is 2. The largest absolute Gasteiger partial charge is 0.486 e. The van der Waals surface area contributed by atoms with E-state index in [9.17, 15) is 18.0 Å². The van der Waals surface area contributed by atoms with Gasteiger partial charge in [-0.3, -0.25) is 0 Å². The molecule has 10 heteroatoms. The second-order valence-electron chi connectivity index (χ2n) is 8.72. The average Bonchev–Trinajstić information content (AvgIpc) is 2.81. The van der Waals surface area contributed by atoms with Crippen LogP contribution < -0.4 is 15.4 Å². The summed E-state index contributed by atoms with van der Waals surface area (Å²) in [5.41, 5.74) is 6.80. The van der Waals surface area contributed by atoms with Crippen LogP contribution in [0.15, 0.2) is 36.5 Å². The smallest absolute Gasteiger partial charge is 0.314 e. The molecule has 1 aliphatic heterocycles. The van der Waals surface area contributed by atoms with E-state index in [0.29, 0.717) is 30.0 Å². The lowest BCUT2D eigenvalue weighted by Gasteiger charge is -2.34. The van der Waals surface area contributed by atoms with E-state index in [-0.39, 0.29) is 41.8 Å². The molecule has 4 rings (SSSR count). The Balaban J connectivity index is 1.63. The second-order valence-corrected chi connectivity index (χ2v) is 8.72. The number of anilines is 1. The van der Waals surface area contributed by atoms with Crippen LogP contribution in [0.4, 0.5) is 23.7 Å². The van der Waals surface area contributed by atoms with E-state index in [1.54, 1.807) is 18.2 Å². The monoisotopic (exact) mass is 485 g/mol. The SMILES string of the molecule is CC(C)N1CCOc2c(F)cc(-c3nc(Cc4ccc(CN(C)C(N)=O)c(F)c4)ncc3F)cc21. The minimum absolute atomic E-state index is 0.0274. The normalized spacial score (nSPS) is 12.9. The molecule has 0 bridgehead atoms. The number of carbonyl (C=O) groups is 1. The number of rotatable bonds is 6. The summed E-state index contributed by atoms with van der Waals surface area (Å²) < 4.78 is 49.6. The zero-order valence-electron chi connectivity index (χ0n) is 19.7. The molecule has 0 aliphatic carbocycles. The first-order valence-electron chi connectivity index (χ1n) is 11.2. The molecule has 3 aromatic rings. The lowest BCUT2D eigenvalue weighted by atomic mass is 10.1. The van der Waals surface area contributed by atoms with E-state index in [4.69, 9.17) is 10.5 Å². The van der Waals surface area contributed by atoms with Crippen molar-refractivity contribution in [3.05, 3.63) is 70.9 Å². The number of urea groups is 1. The van der Waals surface area contributed by atoms with Crippen LogP contribution in [0.25, 0.3) is 11.3 Å². The number of benzene rings is 2. The van der Waals surface area contributed by atoms with Crippen LogP contribution in [-0.4, -0.2) is 47.1 Å². The maximum absolute atomic E-state index is 14.9. The summed E-state index contributed by atoms with van der Waals surface area (Å²) in [4.78, 5) is 22.7. The van der Waals surface area contributed by atoms with Gasteiger partial charge in [-0.15, -0.1) is 0 Å². The molecule has 0 saturated heterocycles. The van der Waals surface area contributed by atoms with Gasteiger partial charge in [0.25, 0.3) is 0 Å². The molecule has 2 amide bonds. The van der Waals surface area contributed by atoms with Crippen molar-refractivity contribution in [2.45, 2.75) is 32.9 Å². The van der Waals surface area contributed by atoms with Crippen LogP contribution in [0.5, 0.6) is 5.75 Å². The number of hydrogen-bond donors (Lipinski definition) is 1. The van der Waals surface area contributed by atoms with Crippen molar-refractivity contribution in [3.63, 3.8) is 0 Å². The Bertz CT molecular complexity index is 1270. The third-order valence-corrected chi connectivity index (χ3v) is 5.87. The van der Waals surface area contributed by atoms with Gasteiger partial charge >= 0.3 is 6.03 Å². The fraction of sp³-hybridized carbons (Fsp3) is 0.320. The van der Waals surface area contributed by atoms with E-state index < -0.39 is 23.5 Å². The predicted octanol–water partition coefficient (Wildman–Crippen LogP) is 4.27. The van der Waals surface area contributed by atoms with Gasteiger partial charge in [-0.2, -0.15) is 0 Å². The first kappa shape index (κ1) is 24.3. The van der Waals surface area contributed by atoms with Crippen molar-refractivity contribution in [1.29, 1.82) is 0 Å². The number of fused-ring (bicyclic) bond motifs is 1. The van der Waals surface area contributed by atoms with Gasteiger partial charge in [0.2, 0.25) is 0 Å². The molecule has 2 N–H and O–H groups in total. The number of nitrogens with zero attached hydrogens (tertiary/aromatic N) is 4. The highest BCUT2D eigenvalue weighted by Gasteiger charge is 2.25. The molecule has 0 spiro atoms. The number of aromatic nitrogens is 2. The Kier molecular flexibility index (Phi) is 6.81. The minimum Gasteiger partial charge on any atom is -0.486 e. The van der Waals surface area contributed by atoms with Crippen molar-refractivity contribution in [3.8, 4) is 17.0 Å². The van der Waals surface area contributed by atoms with Gasteiger partial charge in [-0.1, -0.05) is 12.1 Å². The molecular weight excluding hydrogens is 459 g/mol. The Morgan fingerprint density at radius 3 is 2.63 bits per heavy atom. The molecule has 0 unspecified atom stereocenters. The molecular formula is C25H26F3N5O2. The minimum atomic E-state index is -0.697. The van der Waals surface area contributed by atoms with E-state index in [1.807, 2.05) is 18.7 Å². The van der Waals surface area contributed by atoms with Crippen LogP contribution in [0.1, 0.15) is 30.8 Å². The van der Waals surface area contributed by atoms with Gasteiger partial charge in [0, 0.05) is 37.2 Å². The topological polar surface area (TPSA) is 84.6 Å². The van der Waals surface area contributed by atoms with Gasteiger partial charge in [-0.05, 0) is 37.6 Å². The molecule has 0 atom stereocenters. The van der Waals surface area contributed by atoms with Crippen molar-refractivity contribution < 1.29 is 22.7 Å².